The zero-order valence-corrected chi connectivity index (χ0v) is 12.6. The normalized spacial score (nSPS) is 10.3. The van der Waals surface area contributed by atoms with Gasteiger partial charge in [0.2, 0.25) is 6.41 Å². The van der Waals surface area contributed by atoms with Gasteiger partial charge < -0.3 is 15.5 Å². The first-order chi connectivity index (χ1) is 10.5. The maximum atomic E-state index is 11.5. The number of nitrogens with one attached hydrogen (secondary N) is 1. The van der Waals surface area contributed by atoms with Crippen molar-refractivity contribution in [3.8, 4) is 17.0 Å². The van der Waals surface area contributed by atoms with Crippen LogP contribution in [0.1, 0.15) is 17.3 Å². The molecule has 0 radical (unpaired) electrons. The molecule has 0 aliphatic carbocycles. The fraction of sp³-hybridized carbons (Fsp3) is 0.143. The van der Waals surface area contributed by atoms with E-state index >= 15 is 0 Å². The van der Waals surface area contributed by atoms with Gasteiger partial charge in [-0.25, -0.2) is 10.9 Å². The average molecular weight is 323 g/mol. The van der Waals surface area contributed by atoms with E-state index in [4.69, 9.17) is 27.9 Å². The standard InChI is InChI=1S/C14H15ClN4O3/c1-2-22-12-4-3-8(15)5-9(12)11-6-10(13(16)21)14(18-11)19(17)7-20/h3-7,18H,2,17H2,1H3,(H2,16,21). The van der Waals surface area contributed by atoms with Crippen LogP contribution in [0.5, 0.6) is 5.75 Å². The van der Waals surface area contributed by atoms with Gasteiger partial charge in [-0.05, 0) is 31.2 Å². The first-order valence-corrected chi connectivity index (χ1v) is 6.80. The molecule has 1 heterocycles. The number of ether oxygens (including phenoxy) is 1. The summed E-state index contributed by atoms with van der Waals surface area (Å²) in [4.78, 5) is 25.2. The Balaban J connectivity index is 2.60. The summed E-state index contributed by atoms with van der Waals surface area (Å²) in [5.74, 6) is 5.48. The van der Waals surface area contributed by atoms with E-state index in [-0.39, 0.29) is 11.4 Å². The SMILES string of the molecule is CCOc1ccc(Cl)cc1-c1cc(C(N)=O)c(N(N)C=O)[nH]1. The maximum absolute atomic E-state index is 11.5. The van der Waals surface area contributed by atoms with E-state index in [1.807, 2.05) is 6.92 Å². The number of halogens is 1. The summed E-state index contributed by atoms with van der Waals surface area (Å²) < 4.78 is 5.53. The van der Waals surface area contributed by atoms with Crippen molar-refractivity contribution in [1.82, 2.24) is 4.98 Å². The molecule has 2 rings (SSSR count). The number of carbonyl (C=O) groups is 2. The minimum Gasteiger partial charge on any atom is -0.493 e. The summed E-state index contributed by atoms with van der Waals surface area (Å²) in [5.41, 5.74) is 6.53. The predicted molar refractivity (Wildman–Crippen MR) is 83.7 cm³/mol. The van der Waals surface area contributed by atoms with Gasteiger partial charge in [-0.15, -0.1) is 0 Å². The smallest absolute Gasteiger partial charge is 0.252 e. The molecule has 1 aromatic carbocycles. The summed E-state index contributed by atoms with van der Waals surface area (Å²) in [7, 11) is 0. The largest absolute Gasteiger partial charge is 0.493 e. The lowest BCUT2D eigenvalue weighted by atomic mass is 10.1. The molecule has 0 aliphatic heterocycles. The Bertz CT molecular complexity index is 714. The van der Waals surface area contributed by atoms with Gasteiger partial charge in [-0.2, -0.15) is 0 Å². The zero-order chi connectivity index (χ0) is 16.3. The molecule has 7 nitrogen and oxygen atoms in total. The Morgan fingerprint density at radius 3 is 2.77 bits per heavy atom. The van der Waals surface area contributed by atoms with Gasteiger partial charge in [0.15, 0.2) is 0 Å². The predicted octanol–water partition coefficient (Wildman–Crippen LogP) is 1.67. The molecule has 5 N–H and O–H groups in total. The van der Waals surface area contributed by atoms with E-state index in [0.717, 1.165) is 5.01 Å². The lowest BCUT2D eigenvalue weighted by Gasteiger charge is -2.10. The van der Waals surface area contributed by atoms with E-state index in [0.29, 0.717) is 35.0 Å². The summed E-state index contributed by atoms with van der Waals surface area (Å²) >= 11 is 6.01. The van der Waals surface area contributed by atoms with Gasteiger partial charge >= 0.3 is 0 Å². The number of hydrogen-bond acceptors (Lipinski definition) is 4. The summed E-state index contributed by atoms with van der Waals surface area (Å²) in [6, 6.07) is 6.57. The second-order valence-electron chi connectivity index (χ2n) is 4.40. The van der Waals surface area contributed by atoms with Crippen molar-refractivity contribution < 1.29 is 14.3 Å². The van der Waals surface area contributed by atoms with Crippen LogP contribution >= 0.6 is 11.6 Å². The van der Waals surface area contributed by atoms with Crippen LogP contribution in [0.3, 0.4) is 0 Å². The van der Waals surface area contributed by atoms with Crippen molar-refractivity contribution in [2.24, 2.45) is 11.6 Å². The number of rotatable bonds is 6. The Morgan fingerprint density at radius 2 is 2.18 bits per heavy atom. The maximum Gasteiger partial charge on any atom is 0.252 e. The molecular weight excluding hydrogens is 308 g/mol. The van der Waals surface area contributed by atoms with Gasteiger partial charge in [-0.3, -0.25) is 9.59 Å². The Labute approximate surface area is 131 Å². The van der Waals surface area contributed by atoms with Gasteiger partial charge in [-0.1, -0.05) is 11.6 Å². The lowest BCUT2D eigenvalue weighted by molar-refractivity contribution is -0.107. The van der Waals surface area contributed by atoms with Crippen molar-refractivity contribution in [3.05, 3.63) is 34.9 Å². The number of aromatic nitrogens is 1. The minimum atomic E-state index is -0.713. The van der Waals surface area contributed by atoms with Crippen LogP contribution < -0.4 is 21.3 Å². The first kappa shape index (κ1) is 15.9. The van der Waals surface area contributed by atoms with Crippen LogP contribution in [0.2, 0.25) is 5.02 Å². The average Bonchev–Trinajstić information content (AvgIpc) is 2.93. The number of primary amides is 1. The van der Waals surface area contributed by atoms with Crippen molar-refractivity contribution >= 4 is 29.7 Å². The number of aromatic amines is 1. The molecule has 0 atom stereocenters. The Hall–Kier alpha value is -2.51. The van der Waals surface area contributed by atoms with Crippen LogP contribution in [0, 0.1) is 0 Å². The molecule has 0 spiro atoms. The summed E-state index contributed by atoms with van der Waals surface area (Å²) in [5, 5.41) is 1.24. The van der Waals surface area contributed by atoms with Gasteiger partial charge in [0.25, 0.3) is 5.91 Å². The van der Waals surface area contributed by atoms with Crippen LogP contribution in [0.25, 0.3) is 11.3 Å². The number of nitrogens with two attached hydrogens (primary N) is 2. The summed E-state index contributed by atoms with van der Waals surface area (Å²) in [6.45, 7) is 2.31. The van der Waals surface area contributed by atoms with Crippen molar-refractivity contribution in [2.45, 2.75) is 6.92 Å². The molecule has 2 amide bonds. The number of nitrogens with zero attached hydrogens (tertiary/aromatic N) is 1. The second kappa shape index (κ2) is 6.50. The molecule has 0 aliphatic rings. The van der Waals surface area contributed by atoms with Crippen LogP contribution in [-0.2, 0) is 4.79 Å². The molecule has 0 unspecified atom stereocenters. The Morgan fingerprint density at radius 1 is 1.45 bits per heavy atom. The molecule has 22 heavy (non-hydrogen) atoms. The number of H-pyrrole nitrogens is 1. The molecular formula is C14H15ClN4O3. The number of amides is 2. The fourth-order valence-electron chi connectivity index (χ4n) is 2.03. The van der Waals surface area contributed by atoms with E-state index in [1.54, 1.807) is 18.2 Å². The minimum absolute atomic E-state index is 0.0898. The number of carbonyl (C=O) groups excluding carboxylic acids is 2. The molecule has 0 saturated heterocycles. The second-order valence-corrected chi connectivity index (χ2v) is 4.83. The monoisotopic (exact) mass is 322 g/mol. The third kappa shape index (κ3) is 3.05. The zero-order valence-electron chi connectivity index (χ0n) is 11.8. The number of hydrogen-bond donors (Lipinski definition) is 3. The van der Waals surface area contributed by atoms with Crippen molar-refractivity contribution in [3.63, 3.8) is 0 Å². The molecule has 8 heteroatoms. The third-order valence-corrected chi connectivity index (χ3v) is 3.20. The van der Waals surface area contributed by atoms with Crippen molar-refractivity contribution in [2.75, 3.05) is 11.6 Å². The topological polar surface area (TPSA) is 114 Å². The molecule has 1 aromatic heterocycles. The van der Waals surface area contributed by atoms with E-state index in [2.05, 4.69) is 4.98 Å². The lowest BCUT2D eigenvalue weighted by Crippen LogP contribution is -2.31. The van der Waals surface area contributed by atoms with E-state index in [1.165, 1.54) is 6.07 Å². The fourth-order valence-corrected chi connectivity index (χ4v) is 2.20. The highest BCUT2D eigenvalue weighted by atomic mass is 35.5. The quantitative estimate of drug-likeness (QED) is 0.325. The van der Waals surface area contributed by atoms with Gasteiger partial charge in [0.05, 0.1) is 17.9 Å². The van der Waals surface area contributed by atoms with Crippen molar-refractivity contribution in [1.29, 1.82) is 0 Å². The Kier molecular flexibility index (Phi) is 4.69. The molecule has 116 valence electrons. The highest BCUT2D eigenvalue weighted by Crippen LogP contribution is 2.34. The van der Waals surface area contributed by atoms with E-state index in [9.17, 15) is 9.59 Å². The highest BCUT2D eigenvalue weighted by molar-refractivity contribution is 6.31. The molecule has 0 fully saturated rings. The molecule has 0 bridgehead atoms. The number of anilines is 1. The van der Waals surface area contributed by atoms with Gasteiger partial charge in [0.1, 0.15) is 11.6 Å². The van der Waals surface area contributed by atoms with Gasteiger partial charge in [0, 0.05) is 10.6 Å². The number of benzene rings is 1. The van der Waals surface area contributed by atoms with Crippen LogP contribution in [0.15, 0.2) is 24.3 Å². The first-order valence-electron chi connectivity index (χ1n) is 6.42. The summed E-state index contributed by atoms with van der Waals surface area (Å²) in [6.07, 6.45) is 0.365. The molecule has 0 saturated carbocycles. The molecule has 2 aromatic rings. The number of hydrazine groups is 1. The third-order valence-electron chi connectivity index (χ3n) is 2.97. The highest BCUT2D eigenvalue weighted by Gasteiger charge is 2.19. The van der Waals surface area contributed by atoms with Crippen LogP contribution in [-0.4, -0.2) is 23.9 Å². The van der Waals surface area contributed by atoms with E-state index < -0.39 is 5.91 Å². The van der Waals surface area contributed by atoms with Crippen LogP contribution in [0.4, 0.5) is 5.82 Å².